The molecular weight excluding hydrogens is 426 g/mol. The molecule has 35 heavy (non-hydrogen) atoms. The van der Waals surface area contributed by atoms with Crippen molar-refractivity contribution in [3.8, 4) is 16.9 Å². The van der Waals surface area contributed by atoms with Crippen LogP contribution < -0.4 is 9.64 Å². The average molecular weight is 454 g/mol. The molecule has 2 nitrogen and oxygen atoms in total. The molecule has 0 fully saturated rings. The Morgan fingerprint density at radius 1 is 0.457 bits per heavy atom. The molecule has 0 aliphatic heterocycles. The summed E-state index contributed by atoms with van der Waals surface area (Å²) in [5.41, 5.74) is 8.10. The van der Waals surface area contributed by atoms with Gasteiger partial charge in [-0.3, -0.25) is 0 Å². The summed E-state index contributed by atoms with van der Waals surface area (Å²) in [7, 11) is 1.69. The molecule has 5 aromatic carbocycles. The number of para-hydroxylation sites is 2. The normalized spacial score (nSPS) is 10.9. The molecule has 5 rings (SSSR count). The van der Waals surface area contributed by atoms with E-state index < -0.39 is 0 Å². The van der Waals surface area contributed by atoms with E-state index >= 15 is 0 Å². The van der Waals surface area contributed by atoms with E-state index in [1.165, 1.54) is 16.7 Å². The highest BCUT2D eigenvalue weighted by molar-refractivity contribution is 5.78. The van der Waals surface area contributed by atoms with Crippen molar-refractivity contribution in [2.45, 2.75) is 0 Å². The molecule has 0 bridgehead atoms. The maximum absolute atomic E-state index is 5.25. The zero-order valence-electron chi connectivity index (χ0n) is 19.7. The van der Waals surface area contributed by atoms with Gasteiger partial charge in [-0.1, -0.05) is 97.1 Å². The second-order valence-corrected chi connectivity index (χ2v) is 8.28. The Kier molecular flexibility index (Phi) is 6.72. The lowest BCUT2D eigenvalue weighted by Gasteiger charge is -2.25. The van der Waals surface area contributed by atoms with Crippen LogP contribution in [0.3, 0.4) is 0 Å². The summed E-state index contributed by atoms with van der Waals surface area (Å²) in [6, 6.07) is 46.3. The molecule has 0 amide bonds. The molecule has 0 saturated heterocycles. The molecule has 0 unspecified atom stereocenters. The molecule has 0 radical (unpaired) electrons. The highest BCUT2D eigenvalue weighted by Gasteiger charge is 2.11. The third-order valence-corrected chi connectivity index (χ3v) is 5.98. The van der Waals surface area contributed by atoms with E-state index in [0.717, 1.165) is 28.4 Å². The van der Waals surface area contributed by atoms with Gasteiger partial charge in [0, 0.05) is 17.1 Å². The van der Waals surface area contributed by atoms with Gasteiger partial charge in [-0.05, 0) is 70.8 Å². The molecule has 0 spiro atoms. The summed E-state index contributed by atoms with van der Waals surface area (Å²) in [5.74, 6) is 0.870. The fourth-order valence-electron chi connectivity index (χ4n) is 4.10. The van der Waals surface area contributed by atoms with E-state index in [2.05, 4.69) is 126 Å². The van der Waals surface area contributed by atoms with Gasteiger partial charge in [-0.15, -0.1) is 0 Å². The molecule has 0 N–H and O–H groups in total. The van der Waals surface area contributed by atoms with Crippen LogP contribution in [0.4, 0.5) is 17.1 Å². The summed E-state index contributed by atoms with van der Waals surface area (Å²) in [4.78, 5) is 2.27. The fraction of sp³-hybridized carbons (Fsp3) is 0.0303. The van der Waals surface area contributed by atoms with Crippen LogP contribution in [0.1, 0.15) is 11.1 Å². The highest BCUT2D eigenvalue weighted by Crippen LogP contribution is 2.34. The third kappa shape index (κ3) is 5.34. The van der Waals surface area contributed by atoms with Crippen LogP contribution >= 0.6 is 0 Å². The van der Waals surface area contributed by atoms with Crippen LogP contribution in [0.15, 0.2) is 133 Å². The molecular formula is C33H27NO. The van der Waals surface area contributed by atoms with E-state index in [4.69, 9.17) is 4.74 Å². The van der Waals surface area contributed by atoms with E-state index in [1.807, 2.05) is 24.3 Å². The molecule has 5 aromatic rings. The quantitative estimate of drug-likeness (QED) is 0.228. The molecule has 0 aliphatic rings. The number of anilines is 3. The second kappa shape index (κ2) is 10.6. The molecule has 0 saturated carbocycles. The van der Waals surface area contributed by atoms with Crippen molar-refractivity contribution in [3.63, 3.8) is 0 Å². The van der Waals surface area contributed by atoms with Crippen molar-refractivity contribution in [2.24, 2.45) is 0 Å². The molecule has 2 heteroatoms. The van der Waals surface area contributed by atoms with Crippen LogP contribution in [0, 0.1) is 0 Å². The van der Waals surface area contributed by atoms with Gasteiger partial charge in [0.05, 0.1) is 7.11 Å². The van der Waals surface area contributed by atoms with Crippen molar-refractivity contribution in [1.29, 1.82) is 0 Å². The summed E-state index contributed by atoms with van der Waals surface area (Å²) >= 11 is 0. The van der Waals surface area contributed by atoms with Gasteiger partial charge < -0.3 is 9.64 Å². The lowest BCUT2D eigenvalue weighted by atomic mass is 10.0. The average Bonchev–Trinajstić information content (AvgIpc) is 2.94. The minimum Gasteiger partial charge on any atom is -0.497 e. The maximum Gasteiger partial charge on any atom is 0.118 e. The van der Waals surface area contributed by atoms with Crippen LogP contribution in [-0.2, 0) is 0 Å². The number of methoxy groups -OCH3 is 1. The van der Waals surface area contributed by atoms with Gasteiger partial charge >= 0.3 is 0 Å². The Hall–Kier alpha value is -4.56. The van der Waals surface area contributed by atoms with Crippen molar-refractivity contribution in [2.75, 3.05) is 12.0 Å². The summed E-state index contributed by atoms with van der Waals surface area (Å²) < 4.78 is 5.25. The van der Waals surface area contributed by atoms with E-state index in [0.29, 0.717) is 0 Å². The predicted octanol–water partition coefficient (Wildman–Crippen LogP) is 9.00. The zero-order chi connectivity index (χ0) is 23.9. The van der Waals surface area contributed by atoms with Gasteiger partial charge in [-0.25, -0.2) is 0 Å². The van der Waals surface area contributed by atoms with E-state index in [1.54, 1.807) is 7.11 Å². The van der Waals surface area contributed by atoms with Crippen molar-refractivity contribution in [1.82, 2.24) is 0 Å². The standard InChI is InChI=1S/C33H27NO/c1-35-33-24-20-29(21-25-33)28-18-14-26(15-19-28)12-13-27-16-22-32(23-17-27)34(30-8-4-2-5-9-30)31-10-6-3-7-11-31/h2-25H,1H3. The van der Waals surface area contributed by atoms with Crippen LogP contribution in [0.25, 0.3) is 23.3 Å². The Balaban J connectivity index is 1.33. The van der Waals surface area contributed by atoms with Gasteiger partial charge in [0.1, 0.15) is 5.75 Å². The molecule has 170 valence electrons. The van der Waals surface area contributed by atoms with Gasteiger partial charge in [0.15, 0.2) is 0 Å². The minimum absolute atomic E-state index is 0.870. The second-order valence-electron chi connectivity index (χ2n) is 8.28. The monoisotopic (exact) mass is 453 g/mol. The predicted molar refractivity (Wildman–Crippen MR) is 148 cm³/mol. The largest absolute Gasteiger partial charge is 0.497 e. The number of hydrogen-bond acceptors (Lipinski definition) is 2. The zero-order valence-corrected chi connectivity index (χ0v) is 19.7. The smallest absolute Gasteiger partial charge is 0.118 e. The number of rotatable bonds is 7. The number of nitrogens with zero attached hydrogens (tertiary/aromatic N) is 1. The molecule has 0 atom stereocenters. The Labute approximate surface area is 207 Å². The van der Waals surface area contributed by atoms with Crippen LogP contribution in [0.5, 0.6) is 5.75 Å². The van der Waals surface area contributed by atoms with E-state index in [9.17, 15) is 0 Å². The Morgan fingerprint density at radius 2 is 0.857 bits per heavy atom. The van der Waals surface area contributed by atoms with Gasteiger partial charge in [0.25, 0.3) is 0 Å². The first-order valence-corrected chi connectivity index (χ1v) is 11.7. The Morgan fingerprint density at radius 3 is 1.31 bits per heavy atom. The SMILES string of the molecule is COc1ccc(-c2ccc(C=Cc3ccc(N(c4ccccc4)c4ccccc4)cc3)cc2)cc1. The van der Waals surface area contributed by atoms with Gasteiger partial charge in [-0.2, -0.15) is 0 Å². The van der Waals surface area contributed by atoms with Crippen molar-refractivity contribution >= 4 is 29.2 Å². The first-order valence-electron chi connectivity index (χ1n) is 11.7. The summed E-state index contributed by atoms with van der Waals surface area (Å²) in [6.45, 7) is 0. The number of benzene rings is 5. The van der Waals surface area contributed by atoms with Crippen LogP contribution in [0.2, 0.25) is 0 Å². The molecule has 0 aromatic heterocycles. The molecule has 0 aliphatic carbocycles. The highest BCUT2D eigenvalue weighted by atomic mass is 16.5. The maximum atomic E-state index is 5.25. The molecule has 0 heterocycles. The third-order valence-electron chi connectivity index (χ3n) is 5.98. The lowest BCUT2D eigenvalue weighted by Crippen LogP contribution is -2.09. The van der Waals surface area contributed by atoms with Crippen LogP contribution in [-0.4, -0.2) is 7.11 Å². The first kappa shape index (κ1) is 22.2. The van der Waals surface area contributed by atoms with Crippen molar-refractivity contribution < 1.29 is 4.74 Å². The lowest BCUT2D eigenvalue weighted by molar-refractivity contribution is 0.415. The first-order chi connectivity index (χ1) is 17.3. The van der Waals surface area contributed by atoms with E-state index in [-0.39, 0.29) is 0 Å². The topological polar surface area (TPSA) is 12.5 Å². The Bertz CT molecular complexity index is 1330. The fourth-order valence-corrected chi connectivity index (χ4v) is 4.10. The van der Waals surface area contributed by atoms with Gasteiger partial charge in [0.2, 0.25) is 0 Å². The van der Waals surface area contributed by atoms with Crippen molar-refractivity contribution in [3.05, 3.63) is 145 Å². The summed E-state index contributed by atoms with van der Waals surface area (Å²) in [5, 5.41) is 0. The summed E-state index contributed by atoms with van der Waals surface area (Å²) in [6.07, 6.45) is 4.31. The number of hydrogen-bond donors (Lipinski definition) is 0. The minimum atomic E-state index is 0.870. The number of ether oxygens (including phenoxy) is 1.